The van der Waals surface area contributed by atoms with E-state index >= 15 is 0 Å². The Morgan fingerprint density at radius 2 is 1.88 bits per heavy atom. The van der Waals surface area contributed by atoms with Gasteiger partial charge >= 0.3 is 6.36 Å². The second-order valence-electron chi connectivity index (χ2n) is 8.25. The van der Waals surface area contributed by atoms with E-state index in [-0.39, 0.29) is 26.4 Å². The van der Waals surface area contributed by atoms with Gasteiger partial charge in [0.15, 0.2) is 0 Å². The number of alkyl halides is 3. The SMILES string of the molecule is CC(C)(C)OC[C@@H]1COCc2ncccc2CN1S(=O)(=O)c1ccccc1OC(F)(F)F. The van der Waals surface area contributed by atoms with Crippen LogP contribution in [0.25, 0.3) is 0 Å². The molecule has 1 aliphatic heterocycles. The fourth-order valence-corrected chi connectivity index (χ4v) is 4.86. The highest BCUT2D eigenvalue weighted by molar-refractivity contribution is 7.89. The van der Waals surface area contributed by atoms with Crippen LogP contribution in [0.5, 0.6) is 5.75 Å². The molecule has 3 rings (SSSR count). The van der Waals surface area contributed by atoms with E-state index in [1.165, 1.54) is 12.1 Å². The molecule has 0 amide bonds. The number of halogens is 3. The average Bonchev–Trinajstić information content (AvgIpc) is 2.66. The number of ether oxygens (including phenoxy) is 3. The number of para-hydroxylation sites is 1. The predicted molar refractivity (Wildman–Crippen MR) is 109 cm³/mol. The lowest BCUT2D eigenvalue weighted by Gasteiger charge is -2.34. The minimum absolute atomic E-state index is 0.0133. The van der Waals surface area contributed by atoms with Gasteiger partial charge in [0.25, 0.3) is 0 Å². The first kappa shape index (κ1) is 24.4. The summed E-state index contributed by atoms with van der Waals surface area (Å²) in [6, 6.07) is 7.25. The van der Waals surface area contributed by atoms with Crippen molar-refractivity contribution in [2.24, 2.45) is 0 Å². The summed E-state index contributed by atoms with van der Waals surface area (Å²) in [6.45, 7) is 5.51. The van der Waals surface area contributed by atoms with E-state index in [4.69, 9.17) is 9.47 Å². The summed E-state index contributed by atoms with van der Waals surface area (Å²) in [4.78, 5) is 3.64. The summed E-state index contributed by atoms with van der Waals surface area (Å²) in [5.41, 5.74) is 0.586. The molecule has 32 heavy (non-hydrogen) atoms. The van der Waals surface area contributed by atoms with Crippen LogP contribution < -0.4 is 4.74 Å². The van der Waals surface area contributed by atoms with Crippen LogP contribution in [0.3, 0.4) is 0 Å². The van der Waals surface area contributed by atoms with Gasteiger partial charge in [-0.05, 0) is 44.5 Å². The molecule has 1 aromatic heterocycles. The molecule has 0 unspecified atom stereocenters. The fourth-order valence-electron chi connectivity index (χ4n) is 3.17. The standard InChI is InChI=1S/C21H25F3N2O5S/c1-20(2,3)30-13-16-12-29-14-17-15(7-6-10-25-17)11-26(16)32(27,28)19-9-5-4-8-18(19)31-21(22,23)24/h4-10,16H,11-14H2,1-3H3/t16-/m0/s1. The van der Waals surface area contributed by atoms with Gasteiger partial charge in [0, 0.05) is 12.7 Å². The zero-order chi connectivity index (χ0) is 23.6. The van der Waals surface area contributed by atoms with Gasteiger partial charge in [-0.1, -0.05) is 18.2 Å². The first-order chi connectivity index (χ1) is 14.9. The summed E-state index contributed by atoms with van der Waals surface area (Å²) >= 11 is 0. The van der Waals surface area contributed by atoms with E-state index in [2.05, 4.69) is 9.72 Å². The Labute approximate surface area is 185 Å². The first-order valence-electron chi connectivity index (χ1n) is 9.88. The third kappa shape index (κ3) is 6.18. The Hall–Kier alpha value is -2.21. The van der Waals surface area contributed by atoms with Crippen molar-refractivity contribution in [3.05, 3.63) is 53.9 Å². The molecule has 2 aromatic rings. The van der Waals surface area contributed by atoms with Crippen molar-refractivity contribution in [2.75, 3.05) is 13.2 Å². The summed E-state index contributed by atoms with van der Waals surface area (Å²) in [6.07, 6.45) is -3.48. The van der Waals surface area contributed by atoms with E-state index in [0.29, 0.717) is 11.3 Å². The first-order valence-corrected chi connectivity index (χ1v) is 11.3. The Morgan fingerprint density at radius 3 is 2.56 bits per heavy atom. The minimum Gasteiger partial charge on any atom is -0.404 e. The third-order valence-corrected chi connectivity index (χ3v) is 6.57. The normalized spacial score (nSPS) is 18.5. The highest BCUT2D eigenvalue weighted by Crippen LogP contribution is 2.33. The van der Waals surface area contributed by atoms with E-state index in [9.17, 15) is 21.6 Å². The van der Waals surface area contributed by atoms with E-state index in [1.54, 1.807) is 18.3 Å². The van der Waals surface area contributed by atoms with Gasteiger partial charge in [0.1, 0.15) is 10.6 Å². The molecule has 2 heterocycles. The maximum absolute atomic E-state index is 13.7. The Balaban J connectivity index is 2.06. The number of pyridine rings is 1. The molecule has 1 atom stereocenters. The van der Waals surface area contributed by atoms with Crippen LogP contribution in [0.15, 0.2) is 47.5 Å². The van der Waals surface area contributed by atoms with Gasteiger partial charge in [-0.25, -0.2) is 8.42 Å². The summed E-state index contributed by atoms with van der Waals surface area (Å²) in [5, 5.41) is 0. The molecule has 1 aromatic carbocycles. The van der Waals surface area contributed by atoms with Crippen LogP contribution in [-0.4, -0.2) is 48.9 Å². The minimum atomic E-state index is -5.05. The van der Waals surface area contributed by atoms with Crippen molar-refractivity contribution >= 4 is 10.0 Å². The van der Waals surface area contributed by atoms with Crippen molar-refractivity contribution in [3.63, 3.8) is 0 Å². The molecule has 0 bridgehead atoms. The van der Waals surface area contributed by atoms with Gasteiger partial charge in [-0.2, -0.15) is 4.31 Å². The molecule has 0 spiro atoms. The van der Waals surface area contributed by atoms with Gasteiger partial charge in [-0.3, -0.25) is 4.98 Å². The lowest BCUT2D eigenvalue weighted by atomic mass is 10.1. The van der Waals surface area contributed by atoms with Crippen LogP contribution >= 0.6 is 0 Å². The summed E-state index contributed by atoms with van der Waals surface area (Å²) < 4.78 is 82.7. The fraction of sp³-hybridized carbons (Fsp3) is 0.476. The topological polar surface area (TPSA) is 78.0 Å². The maximum atomic E-state index is 13.7. The molecule has 0 saturated heterocycles. The predicted octanol–water partition coefficient (Wildman–Crippen LogP) is 3.89. The van der Waals surface area contributed by atoms with Crippen molar-refractivity contribution in [2.45, 2.75) is 56.8 Å². The molecule has 176 valence electrons. The summed E-state index contributed by atoms with van der Waals surface area (Å²) in [7, 11) is -4.44. The lowest BCUT2D eigenvalue weighted by molar-refractivity contribution is -0.275. The van der Waals surface area contributed by atoms with Gasteiger partial charge in [0.2, 0.25) is 10.0 Å². The van der Waals surface area contributed by atoms with Crippen LogP contribution in [-0.2, 0) is 32.6 Å². The Morgan fingerprint density at radius 1 is 1.16 bits per heavy atom. The quantitative estimate of drug-likeness (QED) is 0.655. The zero-order valence-electron chi connectivity index (χ0n) is 17.9. The van der Waals surface area contributed by atoms with E-state index in [1.807, 2.05) is 20.8 Å². The molecule has 0 saturated carbocycles. The number of nitrogens with zero attached hydrogens (tertiary/aromatic N) is 2. The highest BCUT2D eigenvalue weighted by Gasteiger charge is 2.39. The van der Waals surface area contributed by atoms with Gasteiger partial charge in [0.05, 0.1) is 37.2 Å². The smallest absolute Gasteiger partial charge is 0.404 e. The van der Waals surface area contributed by atoms with Crippen molar-refractivity contribution < 1.29 is 35.8 Å². The van der Waals surface area contributed by atoms with Crippen LogP contribution in [0.4, 0.5) is 13.2 Å². The number of sulfonamides is 1. The molecule has 0 aliphatic carbocycles. The number of rotatable bonds is 5. The molecular formula is C21H25F3N2O5S. The van der Waals surface area contributed by atoms with Crippen LogP contribution in [0.1, 0.15) is 32.0 Å². The Kier molecular flexibility index (Phi) is 7.13. The second kappa shape index (κ2) is 9.34. The molecule has 0 fully saturated rings. The Bertz CT molecular complexity index is 1040. The monoisotopic (exact) mass is 474 g/mol. The molecule has 11 heteroatoms. The second-order valence-corrected chi connectivity index (χ2v) is 10.1. The number of benzene rings is 1. The van der Waals surface area contributed by atoms with Crippen molar-refractivity contribution in [1.29, 1.82) is 0 Å². The van der Waals surface area contributed by atoms with Crippen LogP contribution in [0, 0.1) is 0 Å². The largest absolute Gasteiger partial charge is 0.573 e. The van der Waals surface area contributed by atoms with Crippen molar-refractivity contribution in [1.82, 2.24) is 9.29 Å². The number of hydrogen-bond acceptors (Lipinski definition) is 6. The highest BCUT2D eigenvalue weighted by atomic mass is 32.2. The summed E-state index contributed by atoms with van der Waals surface area (Å²) in [5.74, 6) is -0.801. The van der Waals surface area contributed by atoms with Gasteiger partial charge in [-0.15, -0.1) is 13.2 Å². The molecule has 1 aliphatic rings. The maximum Gasteiger partial charge on any atom is 0.573 e. The molecular weight excluding hydrogens is 449 g/mol. The number of hydrogen-bond donors (Lipinski definition) is 0. The number of fused-ring (bicyclic) bond motifs is 1. The number of aromatic nitrogens is 1. The lowest BCUT2D eigenvalue weighted by Crippen LogP contribution is -2.47. The molecule has 7 nitrogen and oxygen atoms in total. The third-order valence-electron chi connectivity index (χ3n) is 4.64. The van der Waals surface area contributed by atoms with Crippen LogP contribution in [0.2, 0.25) is 0 Å². The zero-order valence-corrected chi connectivity index (χ0v) is 18.7. The van der Waals surface area contributed by atoms with E-state index < -0.39 is 38.7 Å². The molecule has 0 N–H and O–H groups in total. The molecule has 0 radical (unpaired) electrons. The van der Waals surface area contributed by atoms with E-state index in [0.717, 1.165) is 16.4 Å². The van der Waals surface area contributed by atoms with Crippen molar-refractivity contribution in [3.8, 4) is 5.75 Å². The average molecular weight is 475 g/mol. The van der Waals surface area contributed by atoms with Gasteiger partial charge < -0.3 is 14.2 Å².